The average Bonchev–Trinajstić information content (AvgIpc) is 2.79. The van der Waals surface area contributed by atoms with Crippen LogP contribution in [-0.2, 0) is 4.79 Å². The highest BCUT2D eigenvalue weighted by molar-refractivity contribution is 8.24. The van der Waals surface area contributed by atoms with Crippen molar-refractivity contribution in [2.24, 2.45) is 0 Å². The second kappa shape index (κ2) is 5.50. The largest absolute Gasteiger partial charge is 0.322 e. The number of anilines is 1. The van der Waals surface area contributed by atoms with E-state index in [1.165, 1.54) is 18.2 Å². The van der Waals surface area contributed by atoms with Gasteiger partial charge in [0.1, 0.15) is 5.82 Å². The SMILES string of the molecule is O=C(C=C[SH]1C=CC=C1)Nc1cccc(F)c1. The quantitative estimate of drug-likeness (QED) is 0.624. The maximum Gasteiger partial charge on any atom is 0.248 e. The fourth-order valence-electron chi connectivity index (χ4n) is 1.35. The van der Waals surface area contributed by atoms with E-state index in [0.717, 1.165) is 0 Å². The van der Waals surface area contributed by atoms with Crippen molar-refractivity contribution in [3.05, 3.63) is 64.5 Å². The number of carbonyl (C=O) groups is 1. The highest BCUT2D eigenvalue weighted by Gasteiger charge is 2.00. The minimum atomic E-state index is -0.435. The van der Waals surface area contributed by atoms with Crippen molar-refractivity contribution in [3.63, 3.8) is 0 Å². The Morgan fingerprint density at radius 2 is 2.06 bits per heavy atom. The second-order valence-electron chi connectivity index (χ2n) is 3.45. The Morgan fingerprint density at radius 1 is 1.29 bits per heavy atom. The molecular formula is C13H12FNOS. The minimum absolute atomic E-state index is 0.244. The molecule has 1 aliphatic heterocycles. The maximum absolute atomic E-state index is 12.9. The molecule has 0 fully saturated rings. The number of hydrogen-bond acceptors (Lipinski definition) is 1. The molecule has 0 saturated heterocycles. The van der Waals surface area contributed by atoms with E-state index >= 15 is 0 Å². The predicted octanol–water partition coefficient (Wildman–Crippen LogP) is 3.32. The maximum atomic E-state index is 12.9. The first kappa shape index (κ1) is 11.7. The molecule has 17 heavy (non-hydrogen) atoms. The van der Waals surface area contributed by atoms with E-state index in [-0.39, 0.29) is 11.7 Å². The van der Waals surface area contributed by atoms with Gasteiger partial charge in [0, 0.05) is 11.8 Å². The molecule has 1 amide bonds. The van der Waals surface area contributed by atoms with Crippen LogP contribution < -0.4 is 5.32 Å². The Labute approximate surface area is 102 Å². The first-order valence-electron chi connectivity index (χ1n) is 5.11. The van der Waals surface area contributed by atoms with Crippen LogP contribution in [0.4, 0.5) is 10.1 Å². The number of rotatable bonds is 3. The number of allylic oxidation sites excluding steroid dienone is 2. The summed E-state index contributed by atoms with van der Waals surface area (Å²) in [6, 6.07) is 5.83. The molecule has 0 aliphatic carbocycles. The number of carbonyl (C=O) groups excluding carboxylic acids is 1. The summed E-state index contributed by atoms with van der Waals surface area (Å²) in [5.74, 6) is -0.607. The average molecular weight is 249 g/mol. The molecule has 1 aromatic rings. The van der Waals surface area contributed by atoms with Gasteiger partial charge < -0.3 is 5.32 Å². The monoisotopic (exact) mass is 249 g/mol. The third-order valence-corrected chi connectivity index (χ3v) is 3.64. The van der Waals surface area contributed by atoms with Crippen LogP contribution in [-0.4, -0.2) is 5.91 Å². The Balaban J connectivity index is 1.93. The van der Waals surface area contributed by atoms with Crippen molar-refractivity contribution in [1.29, 1.82) is 0 Å². The normalized spacial score (nSPS) is 15.7. The van der Waals surface area contributed by atoms with Crippen molar-refractivity contribution in [1.82, 2.24) is 0 Å². The zero-order valence-electron chi connectivity index (χ0n) is 9.01. The van der Waals surface area contributed by atoms with Gasteiger partial charge in [-0.3, -0.25) is 4.79 Å². The van der Waals surface area contributed by atoms with Crippen molar-refractivity contribution in [2.75, 3.05) is 5.32 Å². The molecule has 1 heterocycles. The molecule has 4 heteroatoms. The van der Waals surface area contributed by atoms with Gasteiger partial charge in [0.15, 0.2) is 0 Å². The molecule has 1 aliphatic rings. The lowest BCUT2D eigenvalue weighted by Gasteiger charge is -2.03. The number of benzene rings is 1. The number of thiol groups is 1. The number of halogens is 1. The van der Waals surface area contributed by atoms with Crippen LogP contribution >= 0.6 is 10.9 Å². The first-order valence-corrected chi connectivity index (χ1v) is 6.66. The van der Waals surface area contributed by atoms with Gasteiger partial charge in [-0.2, -0.15) is 10.9 Å². The summed E-state index contributed by atoms with van der Waals surface area (Å²) in [5, 5.41) is 8.54. The lowest BCUT2D eigenvalue weighted by molar-refractivity contribution is -0.111. The van der Waals surface area contributed by atoms with Crippen molar-refractivity contribution in [2.45, 2.75) is 0 Å². The fraction of sp³-hybridized carbons (Fsp3) is 0. The van der Waals surface area contributed by atoms with Crippen molar-refractivity contribution < 1.29 is 9.18 Å². The van der Waals surface area contributed by atoms with Crippen LogP contribution in [0.3, 0.4) is 0 Å². The molecule has 1 N–H and O–H groups in total. The molecule has 2 rings (SSSR count). The fourth-order valence-corrected chi connectivity index (χ4v) is 2.55. The number of nitrogens with one attached hydrogen (secondary N) is 1. The summed E-state index contributed by atoms with van der Waals surface area (Å²) in [6.07, 6.45) is 5.40. The van der Waals surface area contributed by atoms with Gasteiger partial charge in [-0.1, -0.05) is 18.2 Å². The summed E-state index contributed by atoms with van der Waals surface area (Å²) in [4.78, 5) is 11.5. The van der Waals surface area contributed by atoms with Crippen LogP contribution in [0.25, 0.3) is 0 Å². The summed E-state index contributed by atoms with van der Waals surface area (Å²) >= 11 is 0. The lowest BCUT2D eigenvalue weighted by Crippen LogP contribution is -2.07. The standard InChI is InChI=1S/C13H12FNOS/c14-11-4-3-5-12(10-11)15-13(16)6-9-17-7-1-2-8-17/h1-10,17H,(H,15,16). The summed E-state index contributed by atoms with van der Waals surface area (Å²) in [5.41, 5.74) is 0.463. The van der Waals surface area contributed by atoms with E-state index < -0.39 is 10.9 Å². The summed E-state index contributed by atoms with van der Waals surface area (Å²) < 4.78 is 12.9. The Bertz CT molecular complexity index is 496. The molecule has 0 radical (unpaired) electrons. The van der Waals surface area contributed by atoms with Gasteiger partial charge in [-0.05, 0) is 34.4 Å². The van der Waals surface area contributed by atoms with Gasteiger partial charge in [-0.25, -0.2) is 4.39 Å². The predicted molar refractivity (Wildman–Crippen MR) is 71.4 cm³/mol. The van der Waals surface area contributed by atoms with Gasteiger partial charge in [0.2, 0.25) is 5.91 Å². The minimum Gasteiger partial charge on any atom is -0.322 e. The van der Waals surface area contributed by atoms with Gasteiger partial charge >= 0.3 is 0 Å². The van der Waals surface area contributed by atoms with E-state index in [2.05, 4.69) is 5.32 Å². The van der Waals surface area contributed by atoms with Gasteiger partial charge in [0.25, 0.3) is 0 Å². The molecule has 88 valence electrons. The molecule has 0 aromatic heterocycles. The molecule has 0 saturated carbocycles. The Kier molecular flexibility index (Phi) is 3.77. The highest BCUT2D eigenvalue weighted by Crippen LogP contribution is 2.33. The van der Waals surface area contributed by atoms with E-state index in [4.69, 9.17) is 0 Å². The smallest absolute Gasteiger partial charge is 0.248 e. The van der Waals surface area contributed by atoms with Crippen LogP contribution in [0.15, 0.2) is 58.7 Å². The van der Waals surface area contributed by atoms with Crippen LogP contribution in [0.1, 0.15) is 0 Å². The molecule has 2 nitrogen and oxygen atoms in total. The Morgan fingerprint density at radius 3 is 2.76 bits per heavy atom. The van der Waals surface area contributed by atoms with Crippen LogP contribution in [0.2, 0.25) is 0 Å². The topological polar surface area (TPSA) is 29.1 Å². The van der Waals surface area contributed by atoms with E-state index in [0.29, 0.717) is 5.69 Å². The van der Waals surface area contributed by atoms with Crippen LogP contribution in [0.5, 0.6) is 0 Å². The summed E-state index contributed by atoms with van der Waals surface area (Å²) in [6.45, 7) is 0. The van der Waals surface area contributed by atoms with E-state index in [1.807, 2.05) is 28.4 Å². The third-order valence-electron chi connectivity index (χ3n) is 2.12. The van der Waals surface area contributed by atoms with Crippen LogP contribution in [0, 0.1) is 5.82 Å². The Hall–Kier alpha value is -1.81. The van der Waals surface area contributed by atoms with E-state index in [9.17, 15) is 9.18 Å². The third kappa shape index (κ3) is 3.60. The number of hydrogen-bond donors (Lipinski definition) is 2. The van der Waals surface area contributed by atoms with Gasteiger partial charge in [-0.15, -0.1) is 0 Å². The molecular weight excluding hydrogens is 237 g/mol. The zero-order valence-corrected chi connectivity index (χ0v) is 9.90. The lowest BCUT2D eigenvalue weighted by atomic mass is 10.3. The zero-order chi connectivity index (χ0) is 12.1. The van der Waals surface area contributed by atoms with Crippen molar-refractivity contribution >= 4 is 22.5 Å². The molecule has 0 spiro atoms. The van der Waals surface area contributed by atoms with E-state index in [1.54, 1.807) is 12.1 Å². The second-order valence-corrected chi connectivity index (χ2v) is 5.23. The number of amides is 1. The summed E-state index contributed by atoms with van der Waals surface area (Å²) in [7, 11) is -0.435. The molecule has 0 bridgehead atoms. The first-order chi connectivity index (χ1) is 8.24. The van der Waals surface area contributed by atoms with Gasteiger partial charge in [0.05, 0.1) is 0 Å². The molecule has 1 aromatic carbocycles. The molecule has 0 atom stereocenters. The molecule has 0 unspecified atom stereocenters. The van der Waals surface area contributed by atoms with Crippen molar-refractivity contribution in [3.8, 4) is 0 Å². The highest BCUT2D eigenvalue weighted by atomic mass is 32.2.